The van der Waals surface area contributed by atoms with Crippen molar-refractivity contribution in [1.82, 2.24) is 9.38 Å². The number of hydrogen-bond donors (Lipinski definition) is 1. The summed E-state index contributed by atoms with van der Waals surface area (Å²) >= 11 is 1.69. The summed E-state index contributed by atoms with van der Waals surface area (Å²) < 4.78 is 15.4. The molecule has 0 amide bonds. The van der Waals surface area contributed by atoms with Crippen molar-refractivity contribution in [3.63, 3.8) is 0 Å². The zero-order valence-corrected chi connectivity index (χ0v) is 12.5. The summed E-state index contributed by atoms with van der Waals surface area (Å²) in [6.45, 7) is 6.54. The smallest absolute Gasteiger partial charge is 0.194 e. The number of hydrogen-bond acceptors (Lipinski definition) is 3. The van der Waals surface area contributed by atoms with E-state index in [4.69, 9.17) is 0 Å². The molecule has 0 atom stereocenters. The van der Waals surface area contributed by atoms with Crippen molar-refractivity contribution in [3.8, 4) is 0 Å². The fourth-order valence-electron chi connectivity index (χ4n) is 2.26. The molecule has 2 heterocycles. The summed E-state index contributed by atoms with van der Waals surface area (Å²) in [4.78, 5) is 6.82. The fourth-order valence-corrected chi connectivity index (χ4v) is 3.15. The molecule has 1 N–H and O–H groups in total. The molecule has 3 nitrogen and oxygen atoms in total. The van der Waals surface area contributed by atoms with Gasteiger partial charge < -0.3 is 5.32 Å². The number of benzene rings is 1. The van der Waals surface area contributed by atoms with Crippen LogP contribution in [-0.2, 0) is 6.54 Å². The van der Waals surface area contributed by atoms with Gasteiger partial charge in [-0.1, -0.05) is 0 Å². The minimum Gasteiger partial charge on any atom is -0.379 e. The van der Waals surface area contributed by atoms with Gasteiger partial charge in [0.2, 0.25) is 0 Å². The van der Waals surface area contributed by atoms with E-state index in [9.17, 15) is 4.39 Å². The van der Waals surface area contributed by atoms with Gasteiger partial charge >= 0.3 is 0 Å². The number of fused-ring (bicyclic) bond motifs is 1. The van der Waals surface area contributed by atoms with Crippen molar-refractivity contribution in [2.75, 3.05) is 5.32 Å². The number of imidazole rings is 1. The average Bonchev–Trinajstić information content (AvgIpc) is 2.87. The SMILES string of the molecule is Cc1cn2c(CNc3ccc(F)c(C)c3)c(C)nc2s1. The van der Waals surface area contributed by atoms with Gasteiger partial charge in [0.1, 0.15) is 5.82 Å². The summed E-state index contributed by atoms with van der Waals surface area (Å²) in [6, 6.07) is 5.07. The molecule has 20 heavy (non-hydrogen) atoms. The van der Waals surface area contributed by atoms with E-state index >= 15 is 0 Å². The number of halogens is 1. The summed E-state index contributed by atoms with van der Waals surface area (Å²) in [5, 5.41) is 3.33. The summed E-state index contributed by atoms with van der Waals surface area (Å²) in [6.07, 6.45) is 2.10. The van der Waals surface area contributed by atoms with E-state index in [1.807, 2.05) is 13.0 Å². The Morgan fingerprint density at radius 3 is 2.85 bits per heavy atom. The standard InChI is InChI=1S/C15H16FN3S/c1-9-6-12(4-5-13(9)16)17-7-14-11(3)18-15-19(14)8-10(2)20-15/h4-6,8,17H,7H2,1-3H3. The highest BCUT2D eigenvalue weighted by Gasteiger charge is 2.10. The first-order chi connectivity index (χ1) is 9.54. The van der Waals surface area contributed by atoms with E-state index in [0.717, 1.165) is 22.0 Å². The Labute approximate surface area is 121 Å². The number of aryl methyl sites for hydroxylation is 3. The van der Waals surface area contributed by atoms with Crippen LogP contribution in [0.15, 0.2) is 24.4 Å². The summed E-state index contributed by atoms with van der Waals surface area (Å²) in [7, 11) is 0. The maximum atomic E-state index is 13.2. The van der Waals surface area contributed by atoms with Crippen LogP contribution in [0, 0.1) is 26.6 Å². The third-order valence-corrected chi connectivity index (χ3v) is 4.26. The first-order valence-electron chi connectivity index (χ1n) is 6.48. The molecule has 0 bridgehead atoms. The molecule has 0 saturated carbocycles. The topological polar surface area (TPSA) is 29.3 Å². The Kier molecular flexibility index (Phi) is 3.22. The second kappa shape index (κ2) is 4.90. The van der Waals surface area contributed by atoms with Gasteiger partial charge in [-0.15, -0.1) is 11.3 Å². The second-order valence-electron chi connectivity index (χ2n) is 4.96. The molecule has 0 aliphatic carbocycles. The van der Waals surface area contributed by atoms with Gasteiger partial charge in [-0.2, -0.15) is 0 Å². The fraction of sp³-hybridized carbons (Fsp3) is 0.267. The normalized spacial score (nSPS) is 11.2. The number of nitrogens with zero attached hydrogens (tertiary/aromatic N) is 2. The Balaban J connectivity index is 1.85. The molecule has 3 aromatic rings. The molecule has 0 saturated heterocycles. The molecule has 0 aliphatic rings. The molecule has 5 heteroatoms. The van der Waals surface area contributed by atoms with E-state index in [2.05, 4.69) is 27.8 Å². The lowest BCUT2D eigenvalue weighted by Crippen LogP contribution is -2.04. The third kappa shape index (κ3) is 2.29. The monoisotopic (exact) mass is 289 g/mol. The van der Waals surface area contributed by atoms with Crippen LogP contribution >= 0.6 is 11.3 Å². The molecule has 3 rings (SSSR count). The van der Waals surface area contributed by atoms with Crippen molar-refractivity contribution in [2.45, 2.75) is 27.3 Å². The Bertz CT molecular complexity index is 773. The summed E-state index contributed by atoms with van der Waals surface area (Å²) in [5.74, 6) is -0.174. The minimum atomic E-state index is -0.174. The quantitative estimate of drug-likeness (QED) is 0.787. The third-order valence-electron chi connectivity index (χ3n) is 3.36. The van der Waals surface area contributed by atoms with Gasteiger partial charge in [0.05, 0.1) is 17.9 Å². The molecule has 2 aromatic heterocycles. The molecule has 0 aliphatic heterocycles. The lowest BCUT2D eigenvalue weighted by atomic mass is 10.2. The van der Waals surface area contributed by atoms with Crippen LogP contribution in [0.4, 0.5) is 10.1 Å². The van der Waals surface area contributed by atoms with Crippen LogP contribution in [-0.4, -0.2) is 9.38 Å². The molecule has 104 valence electrons. The van der Waals surface area contributed by atoms with Crippen LogP contribution in [0.2, 0.25) is 0 Å². The number of anilines is 1. The Morgan fingerprint density at radius 2 is 2.10 bits per heavy atom. The molecule has 0 spiro atoms. The highest BCUT2D eigenvalue weighted by atomic mass is 32.1. The van der Waals surface area contributed by atoms with E-state index < -0.39 is 0 Å². The highest BCUT2D eigenvalue weighted by molar-refractivity contribution is 7.17. The number of thiazole rings is 1. The maximum absolute atomic E-state index is 13.2. The van der Waals surface area contributed by atoms with Crippen LogP contribution < -0.4 is 5.32 Å². The molecular weight excluding hydrogens is 273 g/mol. The van der Waals surface area contributed by atoms with Crippen molar-refractivity contribution in [1.29, 1.82) is 0 Å². The molecular formula is C15H16FN3S. The van der Waals surface area contributed by atoms with E-state index in [0.29, 0.717) is 12.1 Å². The van der Waals surface area contributed by atoms with E-state index in [1.54, 1.807) is 24.3 Å². The van der Waals surface area contributed by atoms with Crippen LogP contribution in [0.3, 0.4) is 0 Å². The van der Waals surface area contributed by atoms with Crippen molar-refractivity contribution in [3.05, 3.63) is 52.0 Å². The first-order valence-corrected chi connectivity index (χ1v) is 7.30. The molecule has 0 unspecified atom stereocenters. The van der Waals surface area contributed by atoms with Gasteiger partial charge in [-0.05, 0) is 44.5 Å². The summed E-state index contributed by atoms with van der Waals surface area (Å²) in [5.41, 5.74) is 3.75. The van der Waals surface area contributed by atoms with Gasteiger partial charge in [-0.25, -0.2) is 9.37 Å². The largest absolute Gasteiger partial charge is 0.379 e. The zero-order valence-electron chi connectivity index (χ0n) is 11.7. The first kappa shape index (κ1) is 13.1. The average molecular weight is 289 g/mol. The van der Waals surface area contributed by atoms with Crippen LogP contribution in [0.5, 0.6) is 0 Å². The highest BCUT2D eigenvalue weighted by Crippen LogP contribution is 2.22. The second-order valence-corrected chi connectivity index (χ2v) is 6.17. The molecule has 0 fully saturated rings. The van der Waals surface area contributed by atoms with Gasteiger partial charge in [0, 0.05) is 16.8 Å². The predicted octanol–water partition coefficient (Wildman–Crippen LogP) is 4.07. The number of rotatable bonds is 3. The van der Waals surface area contributed by atoms with Gasteiger partial charge in [0.15, 0.2) is 4.96 Å². The number of aromatic nitrogens is 2. The van der Waals surface area contributed by atoms with Crippen LogP contribution in [0.1, 0.15) is 21.8 Å². The van der Waals surface area contributed by atoms with Crippen molar-refractivity contribution < 1.29 is 4.39 Å². The number of nitrogens with one attached hydrogen (secondary N) is 1. The molecule has 0 radical (unpaired) electrons. The Hall–Kier alpha value is -1.88. The molecule has 1 aromatic carbocycles. The predicted molar refractivity (Wildman–Crippen MR) is 81.0 cm³/mol. The lowest BCUT2D eigenvalue weighted by Gasteiger charge is -2.08. The van der Waals surface area contributed by atoms with E-state index in [-0.39, 0.29) is 5.82 Å². The van der Waals surface area contributed by atoms with Gasteiger partial charge in [-0.3, -0.25) is 4.40 Å². The maximum Gasteiger partial charge on any atom is 0.194 e. The Morgan fingerprint density at radius 1 is 1.30 bits per heavy atom. The lowest BCUT2D eigenvalue weighted by molar-refractivity contribution is 0.618. The zero-order chi connectivity index (χ0) is 14.3. The van der Waals surface area contributed by atoms with E-state index in [1.165, 1.54) is 10.9 Å². The van der Waals surface area contributed by atoms with Gasteiger partial charge in [0.25, 0.3) is 0 Å². The minimum absolute atomic E-state index is 0.174. The van der Waals surface area contributed by atoms with Crippen LogP contribution in [0.25, 0.3) is 4.96 Å². The van der Waals surface area contributed by atoms with Crippen molar-refractivity contribution >= 4 is 22.0 Å². The van der Waals surface area contributed by atoms with Crippen molar-refractivity contribution in [2.24, 2.45) is 0 Å².